The number of aromatic nitrogens is 1. The number of aliphatic hydroxyl groups is 1. The summed E-state index contributed by atoms with van der Waals surface area (Å²) in [5.41, 5.74) is 3.94. The predicted octanol–water partition coefficient (Wildman–Crippen LogP) is 5.79. The number of amides is 1. The molecule has 1 aromatic heterocycles. The molecule has 6 heteroatoms. The lowest BCUT2D eigenvalue weighted by Crippen LogP contribution is -2.45. The summed E-state index contributed by atoms with van der Waals surface area (Å²) in [7, 11) is 0. The van der Waals surface area contributed by atoms with Crippen LogP contribution in [0.4, 0.5) is 0 Å². The molecule has 2 N–H and O–H groups in total. The summed E-state index contributed by atoms with van der Waals surface area (Å²) in [6, 6.07) is 16.7. The van der Waals surface area contributed by atoms with Gasteiger partial charge in [0.05, 0.1) is 34.1 Å². The molecule has 156 valence electrons. The van der Waals surface area contributed by atoms with Crippen molar-refractivity contribution in [2.75, 3.05) is 0 Å². The van der Waals surface area contributed by atoms with Crippen LogP contribution in [0.15, 0.2) is 54.6 Å². The van der Waals surface area contributed by atoms with Gasteiger partial charge in [-0.3, -0.25) is 4.79 Å². The lowest BCUT2D eigenvalue weighted by molar-refractivity contribution is 0.0717. The lowest BCUT2D eigenvalue weighted by Gasteiger charge is -2.28. The Balaban J connectivity index is 1.78. The van der Waals surface area contributed by atoms with Crippen LogP contribution in [0.25, 0.3) is 16.9 Å². The largest absolute Gasteiger partial charge is 0.391 e. The van der Waals surface area contributed by atoms with Crippen LogP contribution < -0.4 is 5.32 Å². The Morgan fingerprint density at radius 3 is 2.47 bits per heavy atom. The summed E-state index contributed by atoms with van der Waals surface area (Å²) >= 11 is 12.6. The molecule has 0 saturated heterocycles. The predicted molar refractivity (Wildman–Crippen MR) is 122 cm³/mol. The number of hydrogen-bond acceptors (Lipinski definition) is 2. The zero-order valence-electron chi connectivity index (χ0n) is 16.7. The molecule has 0 radical (unpaired) electrons. The zero-order valence-corrected chi connectivity index (χ0v) is 18.2. The number of para-hydroxylation sites is 1. The Morgan fingerprint density at radius 1 is 1.07 bits per heavy atom. The number of carbonyl (C=O) groups is 1. The maximum atomic E-state index is 13.2. The van der Waals surface area contributed by atoms with Gasteiger partial charge in [0.1, 0.15) is 0 Å². The summed E-state index contributed by atoms with van der Waals surface area (Å²) in [5.74, 6) is -0.181. The molecule has 0 spiro atoms. The van der Waals surface area contributed by atoms with Gasteiger partial charge >= 0.3 is 0 Å². The van der Waals surface area contributed by atoms with Gasteiger partial charge in [0.25, 0.3) is 5.91 Å². The summed E-state index contributed by atoms with van der Waals surface area (Å²) in [5, 5.41) is 14.5. The number of carbonyl (C=O) groups excluding carboxylic acids is 1. The monoisotopic (exact) mass is 442 g/mol. The van der Waals surface area contributed by atoms with Crippen LogP contribution in [-0.2, 0) is 0 Å². The maximum Gasteiger partial charge on any atom is 0.253 e. The van der Waals surface area contributed by atoms with Crippen LogP contribution in [0.3, 0.4) is 0 Å². The van der Waals surface area contributed by atoms with Crippen molar-refractivity contribution < 1.29 is 9.90 Å². The minimum absolute atomic E-state index is 0.181. The second-order valence-electron chi connectivity index (χ2n) is 7.75. The Kier molecular flexibility index (Phi) is 6.19. The number of halogens is 2. The Bertz CT molecular complexity index is 1060. The van der Waals surface area contributed by atoms with E-state index in [1.165, 1.54) is 0 Å². The molecule has 30 heavy (non-hydrogen) atoms. The van der Waals surface area contributed by atoms with Gasteiger partial charge in [-0.1, -0.05) is 60.3 Å². The van der Waals surface area contributed by atoms with Crippen LogP contribution in [0.1, 0.15) is 41.7 Å². The van der Waals surface area contributed by atoms with Crippen molar-refractivity contribution in [3.8, 4) is 16.9 Å². The Hall–Kier alpha value is -2.27. The van der Waals surface area contributed by atoms with Crippen LogP contribution >= 0.6 is 23.2 Å². The van der Waals surface area contributed by atoms with Gasteiger partial charge in [-0.2, -0.15) is 0 Å². The van der Waals surface area contributed by atoms with E-state index in [4.69, 9.17) is 23.2 Å². The van der Waals surface area contributed by atoms with Crippen LogP contribution in [0.2, 0.25) is 10.0 Å². The van der Waals surface area contributed by atoms with Gasteiger partial charge in [0.15, 0.2) is 0 Å². The molecule has 2 atom stereocenters. The molecule has 4 nitrogen and oxygen atoms in total. The van der Waals surface area contributed by atoms with Gasteiger partial charge < -0.3 is 15.0 Å². The number of nitrogens with zero attached hydrogens (tertiary/aromatic N) is 1. The minimum Gasteiger partial charge on any atom is -0.391 e. The van der Waals surface area contributed by atoms with Crippen molar-refractivity contribution in [3.63, 3.8) is 0 Å². The molecule has 1 aliphatic rings. The van der Waals surface area contributed by atoms with E-state index in [1.54, 1.807) is 0 Å². The second kappa shape index (κ2) is 8.84. The number of aliphatic hydroxyl groups excluding tert-OH is 1. The molecule has 0 aliphatic heterocycles. The molecule has 1 amide bonds. The first-order valence-electron chi connectivity index (χ1n) is 10.2. The summed E-state index contributed by atoms with van der Waals surface area (Å²) < 4.78 is 2.00. The van der Waals surface area contributed by atoms with Crippen molar-refractivity contribution in [1.82, 2.24) is 9.88 Å². The molecular weight excluding hydrogens is 419 g/mol. The van der Waals surface area contributed by atoms with Crippen molar-refractivity contribution in [1.29, 1.82) is 0 Å². The van der Waals surface area contributed by atoms with Crippen LogP contribution in [0, 0.1) is 6.92 Å². The molecule has 1 aliphatic carbocycles. The standard InChI is InChI=1S/C24H24Cl2N2O2/c1-15-18(24(30)27-20-7-3-5-9-23(20)29)14-22(16-10-12-17(25)13-11-16)28(15)21-8-4-2-6-19(21)26/h2,4,6,8,10-14,20,23,29H,3,5,7,9H2,1H3,(H,27,30)/t20-,23+/m1/s1. The highest BCUT2D eigenvalue weighted by Gasteiger charge is 2.27. The van der Waals surface area contributed by atoms with E-state index in [1.807, 2.05) is 66.1 Å². The Morgan fingerprint density at radius 2 is 1.77 bits per heavy atom. The summed E-state index contributed by atoms with van der Waals surface area (Å²) in [4.78, 5) is 13.2. The van der Waals surface area contributed by atoms with E-state index >= 15 is 0 Å². The fourth-order valence-electron chi connectivity index (χ4n) is 4.14. The SMILES string of the molecule is Cc1c(C(=O)N[C@@H]2CCCC[C@@H]2O)cc(-c2ccc(Cl)cc2)n1-c1ccccc1Cl. The highest BCUT2D eigenvalue weighted by molar-refractivity contribution is 6.32. The fourth-order valence-corrected chi connectivity index (χ4v) is 4.49. The first kappa shape index (κ1) is 21.0. The summed E-state index contributed by atoms with van der Waals surface area (Å²) in [6.07, 6.45) is 3.03. The molecule has 1 saturated carbocycles. The van der Waals surface area contributed by atoms with Crippen molar-refractivity contribution in [3.05, 3.63) is 75.9 Å². The average molecular weight is 443 g/mol. The molecular formula is C24H24Cl2N2O2. The third-order valence-electron chi connectivity index (χ3n) is 5.77. The van der Waals surface area contributed by atoms with Crippen LogP contribution in [-0.4, -0.2) is 27.7 Å². The topological polar surface area (TPSA) is 54.3 Å². The minimum atomic E-state index is -0.496. The highest BCUT2D eigenvalue weighted by atomic mass is 35.5. The molecule has 2 aromatic carbocycles. The Labute approximate surface area is 186 Å². The van der Waals surface area contributed by atoms with Crippen LogP contribution in [0.5, 0.6) is 0 Å². The molecule has 4 rings (SSSR count). The number of rotatable bonds is 4. The van der Waals surface area contributed by atoms with Gasteiger partial charge in [-0.25, -0.2) is 0 Å². The lowest BCUT2D eigenvalue weighted by atomic mass is 9.92. The number of hydrogen-bond donors (Lipinski definition) is 2. The fraction of sp³-hybridized carbons (Fsp3) is 0.292. The van der Waals surface area contributed by atoms with Crippen molar-refractivity contribution in [2.45, 2.75) is 44.8 Å². The van der Waals surface area contributed by atoms with E-state index in [-0.39, 0.29) is 11.9 Å². The first-order chi connectivity index (χ1) is 14.5. The van der Waals surface area contributed by atoms with Crippen molar-refractivity contribution in [2.24, 2.45) is 0 Å². The average Bonchev–Trinajstić information content (AvgIpc) is 3.08. The third-order valence-corrected chi connectivity index (χ3v) is 6.34. The molecule has 3 aromatic rings. The summed E-state index contributed by atoms with van der Waals surface area (Å²) in [6.45, 7) is 1.91. The van der Waals surface area contributed by atoms with E-state index in [0.29, 0.717) is 15.6 Å². The third kappa shape index (κ3) is 4.13. The number of nitrogens with one attached hydrogen (secondary N) is 1. The second-order valence-corrected chi connectivity index (χ2v) is 8.60. The van der Waals surface area contributed by atoms with Crippen molar-refractivity contribution >= 4 is 29.1 Å². The van der Waals surface area contributed by atoms with Gasteiger partial charge in [0, 0.05) is 10.7 Å². The first-order valence-corrected chi connectivity index (χ1v) is 10.9. The van der Waals surface area contributed by atoms with E-state index in [0.717, 1.165) is 48.3 Å². The zero-order chi connectivity index (χ0) is 21.3. The molecule has 1 heterocycles. The normalized spacial score (nSPS) is 18.9. The van der Waals surface area contributed by atoms with E-state index < -0.39 is 6.10 Å². The highest BCUT2D eigenvalue weighted by Crippen LogP contribution is 2.33. The van der Waals surface area contributed by atoms with E-state index in [2.05, 4.69) is 5.32 Å². The van der Waals surface area contributed by atoms with Gasteiger partial charge in [-0.05, 0) is 55.7 Å². The quantitative estimate of drug-likeness (QED) is 0.536. The van der Waals surface area contributed by atoms with Gasteiger partial charge in [0.2, 0.25) is 0 Å². The smallest absolute Gasteiger partial charge is 0.253 e. The maximum absolute atomic E-state index is 13.2. The molecule has 0 bridgehead atoms. The molecule has 1 fully saturated rings. The van der Waals surface area contributed by atoms with Gasteiger partial charge in [-0.15, -0.1) is 0 Å². The van der Waals surface area contributed by atoms with E-state index in [9.17, 15) is 9.90 Å². The number of benzene rings is 2. The molecule has 0 unspecified atom stereocenters.